The summed E-state index contributed by atoms with van der Waals surface area (Å²) in [5.41, 5.74) is 6.17. The van der Waals surface area contributed by atoms with Gasteiger partial charge in [-0.15, -0.1) is 0 Å². The molecule has 0 saturated carbocycles. The number of allylic oxidation sites excluding steroid dienone is 5. The van der Waals surface area contributed by atoms with Crippen molar-refractivity contribution in [3.63, 3.8) is 0 Å². The molecule has 3 aliphatic rings. The van der Waals surface area contributed by atoms with Crippen molar-refractivity contribution in [1.82, 2.24) is 0 Å². The number of fused-ring (bicyclic) bond motifs is 2. The molecule has 2 aromatic carbocycles. The molecular formula is C23H20. The van der Waals surface area contributed by atoms with E-state index < -0.39 is 0 Å². The number of aryl methyl sites for hydroxylation is 1. The fourth-order valence-electron chi connectivity index (χ4n) is 5.02. The number of hydrogen-bond acceptors (Lipinski definition) is 0. The van der Waals surface area contributed by atoms with Gasteiger partial charge in [-0.3, -0.25) is 0 Å². The van der Waals surface area contributed by atoms with Crippen molar-refractivity contribution >= 4 is 6.08 Å². The van der Waals surface area contributed by atoms with E-state index in [4.69, 9.17) is 0 Å². The van der Waals surface area contributed by atoms with Gasteiger partial charge in [-0.05, 0) is 35.1 Å². The summed E-state index contributed by atoms with van der Waals surface area (Å²) >= 11 is 0. The Labute approximate surface area is 137 Å². The topological polar surface area (TPSA) is 0 Å². The van der Waals surface area contributed by atoms with Crippen molar-refractivity contribution < 1.29 is 0 Å². The van der Waals surface area contributed by atoms with Crippen LogP contribution in [0.3, 0.4) is 0 Å². The van der Waals surface area contributed by atoms with E-state index in [0.29, 0.717) is 11.8 Å². The first kappa shape index (κ1) is 13.1. The van der Waals surface area contributed by atoms with Gasteiger partial charge >= 0.3 is 0 Å². The standard InChI is InChI=1S/C23H20/c1-5-11-20-17(7-1)13-14-22(20)23(19-9-3-4-10-19)16-15-18-8-2-6-12-21(18)23/h1-14,19,22H,15-16H2. The van der Waals surface area contributed by atoms with Crippen molar-refractivity contribution in [2.24, 2.45) is 5.92 Å². The van der Waals surface area contributed by atoms with E-state index in [2.05, 4.69) is 85.0 Å². The fraction of sp³-hybridized carbons (Fsp3) is 0.217. The molecule has 0 fully saturated rings. The van der Waals surface area contributed by atoms with Crippen LogP contribution < -0.4 is 0 Å². The quantitative estimate of drug-likeness (QED) is 0.694. The van der Waals surface area contributed by atoms with E-state index in [1.807, 2.05) is 0 Å². The van der Waals surface area contributed by atoms with E-state index in [1.165, 1.54) is 24.0 Å². The van der Waals surface area contributed by atoms with Crippen molar-refractivity contribution in [2.45, 2.75) is 24.2 Å². The lowest BCUT2D eigenvalue weighted by atomic mass is 9.62. The summed E-state index contributed by atoms with van der Waals surface area (Å²) in [4.78, 5) is 0. The van der Waals surface area contributed by atoms with Gasteiger partial charge in [0.1, 0.15) is 0 Å². The minimum Gasteiger partial charge on any atom is -0.0767 e. The maximum Gasteiger partial charge on any atom is 0.0160 e. The predicted octanol–water partition coefficient (Wildman–Crippen LogP) is 5.42. The lowest BCUT2D eigenvalue weighted by molar-refractivity contribution is 0.328. The summed E-state index contributed by atoms with van der Waals surface area (Å²) in [6.07, 6.45) is 16.4. The maximum atomic E-state index is 2.45. The van der Waals surface area contributed by atoms with Crippen LogP contribution in [0.2, 0.25) is 0 Å². The molecule has 0 N–H and O–H groups in total. The molecule has 0 saturated heterocycles. The first-order chi connectivity index (χ1) is 11.4. The Balaban J connectivity index is 1.74. The SMILES string of the molecule is C1=CC(C2(C3C=Cc4ccccc43)CCc3ccccc32)C=C1. The maximum absolute atomic E-state index is 2.45. The Bertz CT molecular complexity index is 840. The van der Waals surface area contributed by atoms with Crippen LogP contribution >= 0.6 is 0 Å². The van der Waals surface area contributed by atoms with Gasteiger partial charge in [0.2, 0.25) is 0 Å². The van der Waals surface area contributed by atoms with Crippen molar-refractivity contribution in [1.29, 1.82) is 0 Å². The molecular weight excluding hydrogens is 276 g/mol. The molecule has 0 nitrogen and oxygen atoms in total. The van der Waals surface area contributed by atoms with Crippen molar-refractivity contribution in [2.75, 3.05) is 0 Å². The molecule has 0 aliphatic heterocycles. The van der Waals surface area contributed by atoms with E-state index >= 15 is 0 Å². The van der Waals surface area contributed by atoms with Gasteiger partial charge in [-0.25, -0.2) is 0 Å². The van der Waals surface area contributed by atoms with E-state index in [9.17, 15) is 0 Å². The minimum absolute atomic E-state index is 0.170. The third kappa shape index (κ3) is 1.72. The Hall–Kier alpha value is -2.34. The summed E-state index contributed by atoms with van der Waals surface area (Å²) in [6.45, 7) is 0. The van der Waals surface area contributed by atoms with Gasteiger partial charge in [-0.2, -0.15) is 0 Å². The van der Waals surface area contributed by atoms with E-state index in [1.54, 1.807) is 11.1 Å². The zero-order chi connectivity index (χ0) is 15.3. The Morgan fingerprint density at radius 3 is 2.52 bits per heavy atom. The highest BCUT2D eigenvalue weighted by atomic mass is 14.5. The van der Waals surface area contributed by atoms with Crippen LogP contribution in [0, 0.1) is 5.92 Å². The van der Waals surface area contributed by atoms with E-state index in [0.717, 1.165) is 0 Å². The highest BCUT2D eigenvalue weighted by molar-refractivity contribution is 5.65. The molecule has 0 aromatic heterocycles. The fourth-order valence-corrected chi connectivity index (χ4v) is 5.02. The summed E-state index contributed by atoms with van der Waals surface area (Å²) < 4.78 is 0. The summed E-state index contributed by atoms with van der Waals surface area (Å²) in [5.74, 6) is 0.965. The lowest BCUT2D eigenvalue weighted by Gasteiger charge is -2.40. The molecule has 112 valence electrons. The van der Waals surface area contributed by atoms with Gasteiger partial charge < -0.3 is 0 Å². The van der Waals surface area contributed by atoms with Gasteiger partial charge in [0.15, 0.2) is 0 Å². The van der Waals surface area contributed by atoms with Crippen molar-refractivity contribution in [3.05, 3.63) is 101 Å². The van der Waals surface area contributed by atoms with Gasteiger partial charge in [0, 0.05) is 17.3 Å². The molecule has 0 bridgehead atoms. The Morgan fingerprint density at radius 1 is 0.826 bits per heavy atom. The molecule has 0 heterocycles. The molecule has 0 amide bonds. The first-order valence-corrected chi connectivity index (χ1v) is 8.60. The molecule has 2 aromatic rings. The summed E-state index contributed by atoms with van der Waals surface area (Å²) in [6, 6.07) is 18.0. The van der Waals surface area contributed by atoms with Crippen LogP contribution in [0.4, 0.5) is 0 Å². The van der Waals surface area contributed by atoms with Crippen LogP contribution in [0.15, 0.2) is 78.9 Å². The minimum atomic E-state index is 0.170. The molecule has 2 atom stereocenters. The third-order valence-electron chi connectivity index (χ3n) is 6.02. The smallest absolute Gasteiger partial charge is 0.0160 e. The van der Waals surface area contributed by atoms with Crippen LogP contribution in [-0.2, 0) is 11.8 Å². The zero-order valence-corrected chi connectivity index (χ0v) is 13.2. The zero-order valence-electron chi connectivity index (χ0n) is 13.2. The second kappa shape index (κ2) is 4.83. The highest BCUT2D eigenvalue weighted by Crippen LogP contribution is 2.57. The number of rotatable bonds is 2. The largest absolute Gasteiger partial charge is 0.0767 e. The van der Waals surface area contributed by atoms with Crippen LogP contribution in [0.5, 0.6) is 0 Å². The second-order valence-electron chi connectivity index (χ2n) is 6.96. The highest BCUT2D eigenvalue weighted by Gasteiger charge is 2.49. The molecule has 0 radical (unpaired) electrons. The van der Waals surface area contributed by atoms with Crippen LogP contribution in [0.1, 0.15) is 34.6 Å². The predicted molar refractivity (Wildman–Crippen MR) is 96.4 cm³/mol. The lowest BCUT2D eigenvalue weighted by Crippen LogP contribution is -2.36. The van der Waals surface area contributed by atoms with Gasteiger partial charge in [0.25, 0.3) is 0 Å². The molecule has 0 spiro atoms. The summed E-state index contributed by atoms with van der Waals surface area (Å²) in [7, 11) is 0. The van der Waals surface area contributed by atoms with E-state index in [-0.39, 0.29) is 5.41 Å². The number of benzene rings is 2. The Morgan fingerprint density at radius 2 is 1.61 bits per heavy atom. The first-order valence-electron chi connectivity index (χ1n) is 8.60. The van der Waals surface area contributed by atoms with Gasteiger partial charge in [-0.1, -0.05) is 85.0 Å². The van der Waals surface area contributed by atoms with Crippen LogP contribution in [0.25, 0.3) is 6.08 Å². The molecule has 3 aliphatic carbocycles. The molecule has 2 unspecified atom stereocenters. The molecule has 23 heavy (non-hydrogen) atoms. The summed E-state index contributed by atoms with van der Waals surface area (Å²) in [5, 5.41) is 0. The normalized spacial score (nSPS) is 27.6. The van der Waals surface area contributed by atoms with Crippen molar-refractivity contribution in [3.8, 4) is 0 Å². The van der Waals surface area contributed by atoms with Gasteiger partial charge in [0.05, 0.1) is 0 Å². The van der Waals surface area contributed by atoms with Crippen LogP contribution in [-0.4, -0.2) is 0 Å². The monoisotopic (exact) mass is 296 g/mol. The third-order valence-corrected chi connectivity index (χ3v) is 6.02. The average molecular weight is 296 g/mol. The number of hydrogen-bond donors (Lipinski definition) is 0. The average Bonchev–Trinajstić information content (AvgIpc) is 3.33. The Kier molecular flexibility index (Phi) is 2.76. The second-order valence-corrected chi connectivity index (χ2v) is 6.96. The molecule has 0 heteroatoms. The molecule has 5 rings (SSSR count).